The number of hydrogen-bond acceptors (Lipinski definition) is 5. The highest BCUT2D eigenvalue weighted by Crippen LogP contribution is 2.45. The summed E-state index contributed by atoms with van der Waals surface area (Å²) in [6.07, 6.45) is -11.3. The Bertz CT molecular complexity index is 909. The van der Waals surface area contributed by atoms with Crippen LogP contribution in [0.3, 0.4) is 0 Å². The van der Waals surface area contributed by atoms with Gasteiger partial charge < -0.3 is 20.3 Å². The van der Waals surface area contributed by atoms with E-state index < -0.39 is 36.4 Å². The van der Waals surface area contributed by atoms with E-state index >= 15 is 0 Å². The van der Waals surface area contributed by atoms with Gasteiger partial charge in [0, 0.05) is 12.1 Å². The van der Waals surface area contributed by atoms with Crippen LogP contribution >= 0.6 is 0 Å². The Balaban J connectivity index is 0.000000426. The first-order chi connectivity index (χ1) is 17.4. The Morgan fingerprint density at radius 2 is 1.37 bits per heavy atom. The van der Waals surface area contributed by atoms with Gasteiger partial charge in [-0.25, -0.2) is 9.59 Å². The summed E-state index contributed by atoms with van der Waals surface area (Å²) in [7, 11) is 0. The predicted octanol–water partition coefficient (Wildman–Crippen LogP) is 5.34. The van der Waals surface area contributed by atoms with E-state index in [1.54, 1.807) is 18.2 Å². The average Bonchev–Trinajstić information content (AvgIpc) is 3.31. The standard InChI is InChI=1S/C18H22F3NO2.2C2HF3O2/c19-18(20,21)14-4-2-13(3-5-14)16-9-12(11-23)1-6-17(16)24-15-7-8-22-10-15;2*3-2(4,5)1(6)7/h1,6,9,11,13-15,22H,2-5,7-8,10H2;2*(H,6,7). The first-order valence-corrected chi connectivity index (χ1v) is 11.0. The maximum atomic E-state index is 12.9. The molecule has 1 aromatic carbocycles. The van der Waals surface area contributed by atoms with Crippen LogP contribution in [0.1, 0.15) is 53.9 Å². The van der Waals surface area contributed by atoms with Crippen LogP contribution in [0.5, 0.6) is 5.75 Å². The number of aliphatic carboxylic acids is 2. The number of carboxylic acids is 2. The minimum atomic E-state index is -5.08. The second-order valence-corrected chi connectivity index (χ2v) is 8.34. The zero-order valence-electron chi connectivity index (χ0n) is 19.4. The molecule has 1 unspecified atom stereocenters. The highest BCUT2D eigenvalue weighted by Gasteiger charge is 2.42. The fraction of sp³-hybridized carbons (Fsp3) is 0.591. The summed E-state index contributed by atoms with van der Waals surface area (Å²) >= 11 is 0. The molecule has 0 spiro atoms. The molecule has 1 aliphatic carbocycles. The monoisotopic (exact) mass is 569 g/mol. The van der Waals surface area contributed by atoms with Crippen molar-refractivity contribution >= 4 is 18.2 Å². The molecule has 0 bridgehead atoms. The van der Waals surface area contributed by atoms with Gasteiger partial charge in [-0.15, -0.1) is 0 Å². The molecular formula is C22H24F9NO6. The van der Waals surface area contributed by atoms with E-state index in [4.69, 9.17) is 24.5 Å². The maximum Gasteiger partial charge on any atom is 0.490 e. The minimum Gasteiger partial charge on any atom is -0.489 e. The Morgan fingerprint density at radius 3 is 1.74 bits per heavy atom. The third-order valence-electron chi connectivity index (χ3n) is 5.59. The molecule has 216 valence electrons. The van der Waals surface area contributed by atoms with Crippen LogP contribution < -0.4 is 10.1 Å². The highest BCUT2D eigenvalue weighted by molar-refractivity contribution is 5.76. The van der Waals surface area contributed by atoms with Gasteiger partial charge in [0.1, 0.15) is 18.1 Å². The van der Waals surface area contributed by atoms with Crippen molar-refractivity contribution < 1.29 is 68.8 Å². The molecule has 3 N–H and O–H groups in total. The van der Waals surface area contributed by atoms with Crippen LogP contribution in [-0.4, -0.2) is 66.2 Å². The number of ether oxygens (including phenoxy) is 1. The second-order valence-electron chi connectivity index (χ2n) is 8.34. The van der Waals surface area contributed by atoms with Gasteiger partial charge >= 0.3 is 30.5 Å². The molecule has 1 atom stereocenters. The third-order valence-corrected chi connectivity index (χ3v) is 5.59. The van der Waals surface area contributed by atoms with Crippen molar-refractivity contribution in [1.29, 1.82) is 0 Å². The van der Waals surface area contributed by atoms with Crippen molar-refractivity contribution in [2.24, 2.45) is 5.92 Å². The zero-order valence-corrected chi connectivity index (χ0v) is 19.4. The molecule has 1 saturated carbocycles. The molecule has 0 aromatic heterocycles. The fourth-order valence-corrected chi connectivity index (χ4v) is 3.71. The van der Waals surface area contributed by atoms with Gasteiger partial charge in [-0.1, -0.05) is 0 Å². The van der Waals surface area contributed by atoms with E-state index in [-0.39, 0.29) is 24.9 Å². The second kappa shape index (κ2) is 13.7. The van der Waals surface area contributed by atoms with Gasteiger partial charge in [-0.2, -0.15) is 39.5 Å². The number of carboxylic acid groups (broad SMARTS) is 2. The first-order valence-electron chi connectivity index (χ1n) is 11.0. The lowest BCUT2D eigenvalue weighted by Crippen LogP contribution is -2.27. The van der Waals surface area contributed by atoms with Crippen LogP contribution in [0.25, 0.3) is 0 Å². The summed E-state index contributed by atoms with van der Waals surface area (Å²) in [4.78, 5) is 28.9. The Kier molecular flexibility index (Phi) is 11.9. The first kappa shape index (κ1) is 33.0. The van der Waals surface area contributed by atoms with Crippen molar-refractivity contribution in [3.63, 3.8) is 0 Å². The van der Waals surface area contributed by atoms with Crippen molar-refractivity contribution in [2.45, 2.75) is 62.7 Å². The largest absolute Gasteiger partial charge is 0.490 e. The van der Waals surface area contributed by atoms with E-state index in [2.05, 4.69) is 5.32 Å². The summed E-state index contributed by atoms with van der Waals surface area (Å²) in [5.74, 6) is -5.98. The molecule has 0 amide bonds. The molecule has 7 nitrogen and oxygen atoms in total. The lowest BCUT2D eigenvalue weighted by molar-refractivity contribution is -0.193. The molecule has 38 heavy (non-hydrogen) atoms. The van der Waals surface area contributed by atoms with Crippen LogP contribution in [0.15, 0.2) is 18.2 Å². The van der Waals surface area contributed by atoms with Crippen molar-refractivity contribution in [1.82, 2.24) is 5.32 Å². The quantitative estimate of drug-likeness (QED) is 0.331. The van der Waals surface area contributed by atoms with Crippen molar-refractivity contribution in [3.8, 4) is 5.75 Å². The molecule has 2 fully saturated rings. The van der Waals surface area contributed by atoms with Gasteiger partial charge in [-0.05, 0) is 68.3 Å². The lowest BCUT2D eigenvalue weighted by Gasteiger charge is -2.31. The number of carbonyl (C=O) groups is 3. The predicted molar refractivity (Wildman–Crippen MR) is 112 cm³/mol. The summed E-state index contributed by atoms with van der Waals surface area (Å²) in [5.41, 5.74) is 1.42. The van der Waals surface area contributed by atoms with Crippen molar-refractivity contribution in [3.05, 3.63) is 29.3 Å². The molecule has 1 aromatic rings. The number of aldehydes is 1. The smallest absolute Gasteiger partial charge is 0.489 e. The number of carbonyl (C=O) groups excluding carboxylic acids is 1. The number of benzene rings is 1. The molecule has 1 heterocycles. The van der Waals surface area contributed by atoms with Gasteiger partial charge in [0.25, 0.3) is 0 Å². The van der Waals surface area contributed by atoms with E-state index in [9.17, 15) is 44.3 Å². The van der Waals surface area contributed by atoms with E-state index in [1.807, 2.05) is 0 Å². The van der Waals surface area contributed by atoms with Crippen LogP contribution in [0.2, 0.25) is 0 Å². The highest BCUT2D eigenvalue weighted by atomic mass is 19.4. The molecule has 1 saturated heterocycles. The summed E-state index contributed by atoms with van der Waals surface area (Å²) < 4.78 is 108. The molecule has 1 aliphatic heterocycles. The molecule has 2 aliphatic rings. The maximum absolute atomic E-state index is 12.9. The fourth-order valence-electron chi connectivity index (χ4n) is 3.71. The van der Waals surface area contributed by atoms with Gasteiger partial charge in [0.15, 0.2) is 0 Å². The molecule has 3 rings (SSSR count). The van der Waals surface area contributed by atoms with Crippen LogP contribution in [0.4, 0.5) is 39.5 Å². The zero-order chi connectivity index (χ0) is 29.3. The van der Waals surface area contributed by atoms with Crippen LogP contribution in [0, 0.1) is 5.92 Å². The van der Waals surface area contributed by atoms with Gasteiger partial charge in [0.05, 0.1) is 5.92 Å². The number of halogens is 9. The Hall–Kier alpha value is -3.04. The number of alkyl halides is 9. The topological polar surface area (TPSA) is 113 Å². The summed E-state index contributed by atoms with van der Waals surface area (Å²) in [6.45, 7) is 1.68. The number of rotatable bonds is 4. The Morgan fingerprint density at radius 1 is 0.868 bits per heavy atom. The number of nitrogens with one attached hydrogen (secondary N) is 1. The van der Waals surface area contributed by atoms with Gasteiger partial charge in [0.2, 0.25) is 0 Å². The number of hydrogen-bond donors (Lipinski definition) is 3. The third kappa shape index (κ3) is 11.1. The summed E-state index contributed by atoms with van der Waals surface area (Å²) in [5, 5.41) is 17.5. The SMILES string of the molecule is O=C(O)C(F)(F)F.O=C(O)C(F)(F)F.O=Cc1ccc(OC2CCNC2)c(C2CCC(C(F)(F)F)CC2)c1. The normalized spacial score (nSPS) is 21.8. The van der Waals surface area contributed by atoms with Crippen LogP contribution in [-0.2, 0) is 9.59 Å². The van der Waals surface area contributed by atoms with E-state index in [0.29, 0.717) is 24.2 Å². The Labute approximate surface area is 209 Å². The lowest BCUT2D eigenvalue weighted by atomic mass is 9.78. The molecule has 0 radical (unpaired) electrons. The molecule has 16 heteroatoms. The minimum absolute atomic E-state index is 0.0212. The van der Waals surface area contributed by atoms with Gasteiger partial charge in [-0.3, -0.25) is 4.79 Å². The summed E-state index contributed by atoms with van der Waals surface area (Å²) in [6, 6.07) is 5.27. The molecular weight excluding hydrogens is 545 g/mol. The van der Waals surface area contributed by atoms with E-state index in [1.165, 1.54) is 0 Å². The average molecular weight is 569 g/mol. The van der Waals surface area contributed by atoms with E-state index in [0.717, 1.165) is 31.4 Å². The van der Waals surface area contributed by atoms with Crippen molar-refractivity contribution in [2.75, 3.05) is 13.1 Å².